The van der Waals surface area contributed by atoms with Gasteiger partial charge in [0.2, 0.25) is 5.91 Å². The van der Waals surface area contributed by atoms with Gasteiger partial charge in [0.25, 0.3) is 0 Å². The molecule has 3 heterocycles. The molecule has 2 aromatic rings. The number of hydrogen-bond donors (Lipinski definition) is 0. The molecule has 10 heteroatoms. The van der Waals surface area contributed by atoms with Crippen LogP contribution in [0.5, 0.6) is 0 Å². The molecule has 2 aromatic heterocycles. The fourth-order valence-electron chi connectivity index (χ4n) is 2.81. The molecule has 1 atom stereocenters. The molecule has 24 heavy (non-hydrogen) atoms. The van der Waals surface area contributed by atoms with Crippen molar-refractivity contribution >= 4 is 23.2 Å². The number of pyridine rings is 1. The first-order valence-electron chi connectivity index (χ1n) is 7.35. The second-order valence-corrected chi connectivity index (χ2v) is 6.12. The average Bonchev–Trinajstić information content (AvgIpc) is 2.85. The molecule has 0 radical (unpaired) electrons. The van der Waals surface area contributed by atoms with Crippen LogP contribution in [0.1, 0.15) is 12.8 Å². The molecular weight excluding hydrogens is 349 g/mol. The number of carbonyl (C=O) groups excluding carboxylic acids is 1. The first-order chi connectivity index (χ1) is 11.3. The number of carbonyl (C=O) groups is 1. The summed E-state index contributed by atoms with van der Waals surface area (Å²) in [5, 5.41) is 4.23. The minimum Gasteiger partial charge on any atom is -0.340 e. The van der Waals surface area contributed by atoms with Crippen molar-refractivity contribution in [1.29, 1.82) is 0 Å². The summed E-state index contributed by atoms with van der Waals surface area (Å²) in [6.07, 6.45) is -2.58. The van der Waals surface area contributed by atoms with Crippen molar-refractivity contribution in [3.63, 3.8) is 0 Å². The number of likely N-dealkylation sites (tertiary alicyclic amines) is 1. The lowest BCUT2D eigenvalue weighted by atomic mass is 9.97. The Balaban J connectivity index is 1.79. The lowest BCUT2D eigenvalue weighted by Gasteiger charge is -2.33. The Morgan fingerprint density at radius 3 is 2.83 bits per heavy atom. The number of alkyl halides is 3. The van der Waals surface area contributed by atoms with E-state index in [0.29, 0.717) is 0 Å². The Morgan fingerprint density at radius 1 is 1.42 bits per heavy atom. The number of hydrogen-bond acceptors (Lipinski definition) is 3. The lowest BCUT2D eigenvalue weighted by Crippen LogP contribution is -2.46. The van der Waals surface area contributed by atoms with E-state index in [2.05, 4.69) is 5.10 Å². The first-order valence-corrected chi connectivity index (χ1v) is 7.73. The van der Waals surface area contributed by atoms with Crippen molar-refractivity contribution in [2.24, 2.45) is 5.92 Å². The number of halogens is 4. The summed E-state index contributed by atoms with van der Waals surface area (Å²) in [5.41, 5.74) is -0.367. The molecule has 130 valence electrons. The Morgan fingerprint density at radius 2 is 2.17 bits per heavy atom. The average molecular weight is 363 g/mol. The topological polar surface area (TPSA) is 59.6 Å². The molecule has 1 saturated heterocycles. The molecular formula is C14H14ClF3N4O2. The van der Waals surface area contributed by atoms with E-state index in [0.717, 1.165) is 9.58 Å². The molecule has 3 rings (SSSR count). The van der Waals surface area contributed by atoms with Crippen LogP contribution >= 0.6 is 11.6 Å². The summed E-state index contributed by atoms with van der Waals surface area (Å²) >= 11 is 5.94. The standard InChI is InChI=1S/C14H14ClF3N4O2/c15-10-4-2-6-21-12(10)19-22(13(21)24)8-11(23)20-5-1-3-9(7-20)14(16,17)18/h2,4,6,9H,1,3,5,7-8H2. The SMILES string of the molecule is O=C(Cn1nc2c(Cl)cccn2c1=O)N1CCCC(C(F)(F)F)C1. The maximum atomic E-state index is 12.8. The summed E-state index contributed by atoms with van der Waals surface area (Å²) in [6, 6.07) is 3.11. The van der Waals surface area contributed by atoms with Gasteiger partial charge in [-0.25, -0.2) is 13.9 Å². The van der Waals surface area contributed by atoms with Gasteiger partial charge in [0, 0.05) is 19.3 Å². The summed E-state index contributed by atoms with van der Waals surface area (Å²) in [5.74, 6) is -2.09. The molecule has 1 aliphatic heterocycles. The molecule has 0 bridgehead atoms. The maximum Gasteiger partial charge on any atom is 0.393 e. The third kappa shape index (κ3) is 3.12. The Bertz CT molecular complexity index is 830. The molecule has 1 amide bonds. The van der Waals surface area contributed by atoms with E-state index in [4.69, 9.17) is 11.6 Å². The van der Waals surface area contributed by atoms with Crippen LogP contribution in [0, 0.1) is 5.92 Å². The van der Waals surface area contributed by atoms with Gasteiger partial charge in [0.05, 0.1) is 10.9 Å². The van der Waals surface area contributed by atoms with E-state index >= 15 is 0 Å². The predicted molar refractivity (Wildman–Crippen MR) is 79.8 cm³/mol. The molecule has 1 aliphatic rings. The quantitative estimate of drug-likeness (QED) is 0.820. The van der Waals surface area contributed by atoms with Crippen molar-refractivity contribution < 1.29 is 18.0 Å². The molecule has 0 aromatic carbocycles. The van der Waals surface area contributed by atoms with Gasteiger partial charge in [-0.05, 0) is 25.0 Å². The van der Waals surface area contributed by atoms with Gasteiger partial charge in [0.1, 0.15) is 6.54 Å². The van der Waals surface area contributed by atoms with Gasteiger partial charge >= 0.3 is 11.9 Å². The number of fused-ring (bicyclic) bond motifs is 1. The van der Waals surface area contributed by atoms with Crippen LogP contribution in [0.15, 0.2) is 23.1 Å². The van der Waals surface area contributed by atoms with Gasteiger partial charge < -0.3 is 4.90 Å². The fraction of sp³-hybridized carbons (Fsp3) is 0.500. The highest BCUT2D eigenvalue weighted by molar-refractivity contribution is 6.33. The fourth-order valence-corrected chi connectivity index (χ4v) is 3.01. The van der Waals surface area contributed by atoms with Crippen molar-refractivity contribution in [2.45, 2.75) is 25.6 Å². The highest BCUT2D eigenvalue weighted by Gasteiger charge is 2.42. The van der Waals surface area contributed by atoms with Crippen LogP contribution in [-0.2, 0) is 11.3 Å². The summed E-state index contributed by atoms with van der Waals surface area (Å²) in [4.78, 5) is 25.6. The zero-order chi connectivity index (χ0) is 17.5. The normalized spacial score (nSPS) is 19.0. The van der Waals surface area contributed by atoms with Gasteiger partial charge in [0.15, 0.2) is 5.65 Å². The Kier molecular flexibility index (Phi) is 4.29. The van der Waals surface area contributed by atoms with Crippen LogP contribution in [0.2, 0.25) is 5.02 Å². The first kappa shape index (κ1) is 16.8. The second-order valence-electron chi connectivity index (χ2n) is 5.71. The van der Waals surface area contributed by atoms with Crippen LogP contribution in [0.25, 0.3) is 5.65 Å². The van der Waals surface area contributed by atoms with Gasteiger partial charge in [-0.1, -0.05) is 11.6 Å². The van der Waals surface area contributed by atoms with Crippen molar-refractivity contribution in [1.82, 2.24) is 19.1 Å². The van der Waals surface area contributed by atoms with Crippen LogP contribution in [0.4, 0.5) is 13.2 Å². The molecule has 1 unspecified atom stereocenters. The van der Waals surface area contributed by atoms with E-state index in [1.165, 1.54) is 10.6 Å². The predicted octanol–water partition coefficient (Wildman–Crippen LogP) is 1.95. The molecule has 0 N–H and O–H groups in total. The lowest BCUT2D eigenvalue weighted by molar-refractivity contribution is -0.188. The van der Waals surface area contributed by atoms with Crippen LogP contribution in [0.3, 0.4) is 0 Å². The van der Waals surface area contributed by atoms with Crippen molar-refractivity contribution in [3.05, 3.63) is 33.8 Å². The smallest absolute Gasteiger partial charge is 0.340 e. The largest absolute Gasteiger partial charge is 0.393 e. The summed E-state index contributed by atoms with van der Waals surface area (Å²) in [7, 11) is 0. The number of amides is 1. The van der Waals surface area contributed by atoms with Gasteiger partial charge in [-0.15, -0.1) is 5.10 Å². The third-order valence-corrected chi connectivity index (χ3v) is 4.38. The highest BCUT2D eigenvalue weighted by Crippen LogP contribution is 2.33. The maximum absolute atomic E-state index is 12.8. The minimum atomic E-state index is -4.33. The highest BCUT2D eigenvalue weighted by atomic mass is 35.5. The number of rotatable bonds is 2. The molecule has 1 fully saturated rings. The number of nitrogens with zero attached hydrogens (tertiary/aromatic N) is 4. The summed E-state index contributed by atoms with van der Waals surface area (Å²) < 4.78 is 40.6. The summed E-state index contributed by atoms with van der Waals surface area (Å²) in [6.45, 7) is -0.555. The molecule has 0 aliphatic carbocycles. The van der Waals surface area contributed by atoms with Gasteiger partial charge in [-0.2, -0.15) is 13.2 Å². The minimum absolute atomic E-state index is 0.0111. The molecule has 0 saturated carbocycles. The zero-order valence-electron chi connectivity index (χ0n) is 12.5. The number of piperidine rings is 1. The zero-order valence-corrected chi connectivity index (χ0v) is 13.2. The van der Waals surface area contributed by atoms with Crippen molar-refractivity contribution in [3.8, 4) is 0 Å². The second kappa shape index (κ2) is 6.12. The van der Waals surface area contributed by atoms with E-state index in [1.807, 2.05) is 0 Å². The molecule has 6 nitrogen and oxygen atoms in total. The number of aromatic nitrogens is 3. The van der Waals surface area contributed by atoms with E-state index < -0.39 is 30.2 Å². The van der Waals surface area contributed by atoms with Gasteiger partial charge in [-0.3, -0.25) is 4.79 Å². The Hall–Kier alpha value is -2.03. The van der Waals surface area contributed by atoms with E-state index in [9.17, 15) is 22.8 Å². The monoisotopic (exact) mass is 362 g/mol. The van der Waals surface area contributed by atoms with Crippen LogP contribution in [-0.4, -0.2) is 44.3 Å². The Labute approximate surface area is 139 Å². The van der Waals surface area contributed by atoms with Crippen molar-refractivity contribution in [2.75, 3.05) is 13.1 Å². The van der Waals surface area contributed by atoms with E-state index in [1.54, 1.807) is 12.1 Å². The molecule has 0 spiro atoms. The third-order valence-electron chi connectivity index (χ3n) is 4.08. The van der Waals surface area contributed by atoms with E-state index in [-0.39, 0.29) is 36.6 Å². The van der Waals surface area contributed by atoms with Crippen LogP contribution < -0.4 is 5.69 Å².